The lowest BCUT2D eigenvalue weighted by Crippen LogP contribution is -2.26. The maximum atomic E-state index is 6.06. The summed E-state index contributed by atoms with van der Waals surface area (Å²) in [5.74, 6) is 1.15. The SMILES string of the molecule is CCN(CC)c1nc(Cl)nc(N(C)c2ccccc2C)n1. The topological polar surface area (TPSA) is 45.2 Å². The first kappa shape index (κ1) is 15.5. The van der Waals surface area contributed by atoms with Gasteiger partial charge in [0.1, 0.15) is 0 Å². The third-order valence-corrected chi connectivity index (χ3v) is 3.58. The van der Waals surface area contributed by atoms with Crippen molar-refractivity contribution >= 4 is 29.2 Å². The molecule has 1 heterocycles. The quantitative estimate of drug-likeness (QED) is 0.846. The van der Waals surface area contributed by atoms with Crippen LogP contribution in [0.3, 0.4) is 0 Å². The van der Waals surface area contributed by atoms with Crippen LogP contribution < -0.4 is 9.80 Å². The molecule has 0 aliphatic rings. The lowest BCUT2D eigenvalue weighted by Gasteiger charge is -2.22. The number of rotatable bonds is 5. The predicted molar refractivity (Wildman–Crippen MR) is 87.6 cm³/mol. The first-order valence-corrected chi connectivity index (χ1v) is 7.40. The zero-order valence-electron chi connectivity index (χ0n) is 12.8. The van der Waals surface area contributed by atoms with Crippen LogP contribution in [0.25, 0.3) is 0 Å². The van der Waals surface area contributed by atoms with E-state index in [4.69, 9.17) is 11.6 Å². The summed E-state index contributed by atoms with van der Waals surface area (Å²) in [6.45, 7) is 7.83. The standard InChI is InChI=1S/C15H20ClN5/c1-5-21(6-2)15-18-13(16)17-14(19-15)20(4)12-10-8-7-9-11(12)3/h7-10H,5-6H2,1-4H3. The Morgan fingerprint density at radius 1 is 1.00 bits per heavy atom. The van der Waals surface area contributed by atoms with Crippen LogP contribution >= 0.6 is 11.6 Å². The van der Waals surface area contributed by atoms with Crippen molar-refractivity contribution in [1.29, 1.82) is 0 Å². The van der Waals surface area contributed by atoms with Crippen molar-refractivity contribution in [2.45, 2.75) is 20.8 Å². The zero-order valence-corrected chi connectivity index (χ0v) is 13.6. The molecule has 2 aromatic rings. The van der Waals surface area contributed by atoms with Crippen molar-refractivity contribution in [3.05, 3.63) is 35.1 Å². The molecule has 0 unspecified atom stereocenters. The number of aryl methyl sites for hydroxylation is 1. The Labute approximate surface area is 130 Å². The van der Waals surface area contributed by atoms with Gasteiger partial charge < -0.3 is 9.80 Å². The highest BCUT2D eigenvalue weighted by Gasteiger charge is 2.15. The number of para-hydroxylation sites is 1. The molecule has 0 aliphatic heterocycles. The van der Waals surface area contributed by atoms with E-state index in [0.717, 1.165) is 24.3 Å². The molecular formula is C15H20ClN5. The zero-order chi connectivity index (χ0) is 15.4. The van der Waals surface area contributed by atoms with Crippen LogP contribution in [0.5, 0.6) is 0 Å². The molecule has 0 fully saturated rings. The fourth-order valence-electron chi connectivity index (χ4n) is 2.17. The number of hydrogen-bond donors (Lipinski definition) is 0. The van der Waals surface area contributed by atoms with E-state index in [1.807, 2.05) is 35.0 Å². The number of anilines is 3. The van der Waals surface area contributed by atoms with Crippen LogP contribution in [-0.2, 0) is 0 Å². The summed E-state index contributed by atoms with van der Waals surface area (Å²) in [7, 11) is 1.93. The highest BCUT2D eigenvalue weighted by molar-refractivity contribution is 6.28. The Hall–Kier alpha value is -1.88. The van der Waals surface area contributed by atoms with E-state index >= 15 is 0 Å². The van der Waals surface area contributed by atoms with Gasteiger partial charge in [0.2, 0.25) is 17.2 Å². The molecule has 0 saturated carbocycles. The predicted octanol–water partition coefficient (Wildman–Crippen LogP) is 3.45. The molecule has 2 rings (SSSR count). The summed E-state index contributed by atoms with van der Waals surface area (Å²) in [6.07, 6.45) is 0. The van der Waals surface area contributed by atoms with Crippen molar-refractivity contribution in [1.82, 2.24) is 15.0 Å². The molecule has 1 aromatic carbocycles. The van der Waals surface area contributed by atoms with Crippen molar-refractivity contribution < 1.29 is 0 Å². The summed E-state index contributed by atoms with van der Waals surface area (Å²) in [5, 5.41) is 0.210. The average molecular weight is 306 g/mol. The van der Waals surface area contributed by atoms with Crippen LogP contribution in [0.4, 0.5) is 17.6 Å². The molecule has 0 atom stereocenters. The first-order chi connectivity index (χ1) is 10.1. The molecule has 6 heteroatoms. The third-order valence-electron chi connectivity index (χ3n) is 3.41. The number of hydrogen-bond acceptors (Lipinski definition) is 5. The van der Waals surface area contributed by atoms with E-state index in [9.17, 15) is 0 Å². The molecule has 5 nitrogen and oxygen atoms in total. The normalized spacial score (nSPS) is 10.5. The molecule has 0 saturated heterocycles. The number of nitrogens with zero attached hydrogens (tertiary/aromatic N) is 5. The van der Waals surface area contributed by atoms with Crippen LogP contribution in [0, 0.1) is 6.92 Å². The molecule has 0 bridgehead atoms. The summed E-state index contributed by atoms with van der Waals surface area (Å²) >= 11 is 6.06. The minimum atomic E-state index is 0.210. The van der Waals surface area contributed by atoms with Gasteiger partial charge in [0.15, 0.2) is 0 Å². The van der Waals surface area contributed by atoms with Crippen LogP contribution in [-0.4, -0.2) is 35.1 Å². The van der Waals surface area contributed by atoms with Crippen molar-refractivity contribution in [2.75, 3.05) is 29.9 Å². The van der Waals surface area contributed by atoms with E-state index in [1.165, 1.54) is 0 Å². The van der Waals surface area contributed by atoms with Gasteiger partial charge >= 0.3 is 0 Å². The van der Waals surface area contributed by atoms with Gasteiger partial charge in [-0.25, -0.2) is 0 Å². The van der Waals surface area contributed by atoms with Crippen LogP contribution in [0.2, 0.25) is 5.28 Å². The Morgan fingerprint density at radius 2 is 1.62 bits per heavy atom. The van der Waals surface area contributed by atoms with Crippen molar-refractivity contribution in [2.24, 2.45) is 0 Å². The lowest BCUT2D eigenvalue weighted by atomic mass is 10.2. The second-order valence-electron chi connectivity index (χ2n) is 4.72. The Kier molecular flexibility index (Phi) is 4.96. The summed E-state index contributed by atoms with van der Waals surface area (Å²) in [5.41, 5.74) is 2.20. The number of benzene rings is 1. The summed E-state index contributed by atoms with van der Waals surface area (Å²) in [6, 6.07) is 8.09. The molecule has 112 valence electrons. The van der Waals surface area contributed by atoms with E-state index < -0.39 is 0 Å². The fourth-order valence-corrected chi connectivity index (χ4v) is 2.33. The van der Waals surface area contributed by atoms with Gasteiger partial charge in [-0.1, -0.05) is 18.2 Å². The maximum Gasteiger partial charge on any atom is 0.235 e. The fraction of sp³-hybridized carbons (Fsp3) is 0.400. The Bertz CT molecular complexity index is 613. The second kappa shape index (κ2) is 6.72. The summed E-state index contributed by atoms with van der Waals surface area (Å²) in [4.78, 5) is 17.0. The smallest absolute Gasteiger partial charge is 0.235 e. The van der Waals surface area contributed by atoms with Gasteiger partial charge in [-0.3, -0.25) is 0 Å². The van der Waals surface area contributed by atoms with Gasteiger partial charge in [0.25, 0.3) is 0 Å². The van der Waals surface area contributed by atoms with Crippen LogP contribution in [0.15, 0.2) is 24.3 Å². The van der Waals surface area contributed by atoms with Gasteiger partial charge in [0.05, 0.1) is 0 Å². The Balaban J connectivity index is 2.42. The highest BCUT2D eigenvalue weighted by atomic mass is 35.5. The number of aromatic nitrogens is 3. The van der Waals surface area contributed by atoms with Crippen molar-refractivity contribution in [3.63, 3.8) is 0 Å². The molecule has 1 aromatic heterocycles. The first-order valence-electron chi connectivity index (χ1n) is 7.02. The van der Waals surface area contributed by atoms with Gasteiger partial charge in [-0.05, 0) is 44.0 Å². The minimum absolute atomic E-state index is 0.210. The Morgan fingerprint density at radius 3 is 2.24 bits per heavy atom. The highest BCUT2D eigenvalue weighted by Crippen LogP contribution is 2.25. The minimum Gasteiger partial charge on any atom is -0.341 e. The lowest BCUT2D eigenvalue weighted by molar-refractivity contribution is 0.808. The molecule has 21 heavy (non-hydrogen) atoms. The third kappa shape index (κ3) is 3.42. The molecule has 0 radical (unpaired) electrons. The molecule has 0 aliphatic carbocycles. The molecule has 0 N–H and O–H groups in total. The van der Waals surface area contributed by atoms with Gasteiger partial charge in [-0.15, -0.1) is 0 Å². The maximum absolute atomic E-state index is 6.06. The average Bonchev–Trinajstić information content (AvgIpc) is 2.48. The molecule has 0 amide bonds. The van der Waals surface area contributed by atoms with Crippen LogP contribution in [0.1, 0.15) is 19.4 Å². The van der Waals surface area contributed by atoms with E-state index in [2.05, 4.69) is 41.8 Å². The molecule has 0 spiro atoms. The second-order valence-corrected chi connectivity index (χ2v) is 5.06. The molecular weight excluding hydrogens is 286 g/mol. The number of halogens is 1. The van der Waals surface area contributed by atoms with Crippen molar-refractivity contribution in [3.8, 4) is 0 Å². The monoisotopic (exact) mass is 305 g/mol. The van der Waals surface area contributed by atoms with E-state index in [1.54, 1.807) is 0 Å². The summed E-state index contributed by atoms with van der Waals surface area (Å²) < 4.78 is 0. The largest absolute Gasteiger partial charge is 0.341 e. The van der Waals surface area contributed by atoms with E-state index in [-0.39, 0.29) is 5.28 Å². The van der Waals surface area contributed by atoms with Gasteiger partial charge in [-0.2, -0.15) is 15.0 Å². The van der Waals surface area contributed by atoms with E-state index in [0.29, 0.717) is 11.9 Å². The van der Waals surface area contributed by atoms with Gasteiger partial charge in [0, 0.05) is 25.8 Å².